The highest BCUT2D eigenvalue weighted by atomic mass is 16.5. The smallest absolute Gasteiger partial charge is 0.166 e. The zero-order chi connectivity index (χ0) is 14.2. The number of rotatable bonds is 2. The van der Waals surface area contributed by atoms with Crippen LogP contribution in [0, 0.1) is 5.41 Å². The third-order valence-corrected chi connectivity index (χ3v) is 4.19. The second kappa shape index (κ2) is 5.24. The Morgan fingerprint density at radius 1 is 1.35 bits per heavy atom. The molecule has 4 nitrogen and oxygen atoms in total. The van der Waals surface area contributed by atoms with Gasteiger partial charge in [0, 0.05) is 25.6 Å². The molecule has 0 aromatic carbocycles. The first-order valence-corrected chi connectivity index (χ1v) is 7.53. The number of fused-ring (bicyclic) bond motifs is 1. The Morgan fingerprint density at radius 2 is 2.20 bits per heavy atom. The second-order valence-electron chi connectivity index (χ2n) is 6.78. The molecular weight excluding hydrogens is 252 g/mol. The van der Waals surface area contributed by atoms with Gasteiger partial charge in [0.15, 0.2) is 5.78 Å². The summed E-state index contributed by atoms with van der Waals surface area (Å²) in [6.45, 7) is 5.10. The lowest BCUT2D eigenvalue weighted by atomic mass is 9.76. The molecule has 0 N–H and O–H groups in total. The van der Waals surface area contributed by atoms with Crippen LogP contribution in [0.2, 0.25) is 0 Å². The van der Waals surface area contributed by atoms with Crippen LogP contribution in [0.15, 0.2) is 6.20 Å². The van der Waals surface area contributed by atoms with E-state index in [4.69, 9.17) is 4.74 Å². The van der Waals surface area contributed by atoms with E-state index in [-0.39, 0.29) is 17.3 Å². The number of hydrogen-bond donors (Lipinski definition) is 0. The summed E-state index contributed by atoms with van der Waals surface area (Å²) in [5, 5.41) is 0. The highest BCUT2D eigenvalue weighted by molar-refractivity contribution is 5.98. The van der Waals surface area contributed by atoms with Crippen LogP contribution in [-0.4, -0.2) is 28.5 Å². The average molecular weight is 274 g/mol. The normalized spacial score (nSPS) is 25.3. The predicted octanol–water partition coefficient (Wildman–Crippen LogP) is 2.74. The lowest BCUT2D eigenvalue weighted by Gasteiger charge is -2.29. The van der Waals surface area contributed by atoms with E-state index in [1.807, 2.05) is 0 Å². The zero-order valence-corrected chi connectivity index (χ0v) is 12.3. The number of carbonyl (C=O) groups is 1. The quantitative estimate of drug-likeness (QED) is 0.832. The van der Waals surface area contributed by atoms with Crippen LogP contribution < -0.4 is 0 Å². The van der Waals surface area contributed by atoms with Gasteiger partial charge in [0.05, 0.1) is 17.4 Å². The van der Waals surface area contributed by atoms with Crippen molar-refractivity contribution in [3.05, 3.63) is 23.3 Å². The van der Waals surface area contributed by atoms with Crippen molar-refractivity contribution < 1.29 is 9.53 Å². The van der Waals surface area contributed by atoms with E-state index in [1.165, 1.54) is 6.42 Å². The minimum atomic E-state index is 0.0110. The molecule has 2 aliphatic rings. The molecule has 4 heteroatoms. The largest absolute Gasteiger partial charge is 0.378 e. The molecule has 20 heavy (non-hydrogen) atoms. The van der Waals surface area contributed by atoms with Gasteiger partial charge in [-0.3, -0.25) is 4.79 Å². The SMILES string of the molecule is CC1(C)CC(=O)c2cnc(CC3CCCCO3)nc2C1. The third kappa shape index (κ3) is 2.90. The minimum Gasteiger partial charge on any atom is -0.378 e. The molecule has 2 heterocycles. The molecule has 1 fully saturated rings. The van der Waals surface area contributed by atoms with Crippen molar-refractivity contribution in [2.75, 3.05) is 6.61 Å². The molecule has 0 radical (unpaired) electrons. The number of Topliss-reactive ketones (excluding diaryl/α,β-unsaturated/α-hetero) is 1. The van der Waals surface area contributed by atoms with E-state index in [2.05, 4.69) is 23.8 Å². The Morgan fingerprint density at radius 3 is 2.95 bits per heavy atom. The van der Waals surface area contributed by atoms with Gasteiger partial charge in [-0.15, -0.1) is 0 Å². The average Bonchev–Trinajstić information content (AvgIpc) is 2.38. The molecule has 1 aromatic heterocycles. The van der Waals surface area contributed by atoms with Crippen LogP contribution in [0.25, 0.3) is 0 Å². The molecule has 0 bridgehead atoms. The summed E-state index contributed by atoms with van der Waals surface area (Å²) >= 11 is 0. The van der Waals surface area contributed by atoms with Crippen LogP contribution in [0.5, 0.6) is 0 Å². The van der Waals surface area contributed by atoms with Crippen molar-refractivity contribution in [1.82, 2.24) is 9.97 Å². The fourth-order valence-electron chi connectivity index (χ4n) is 3.14. The Labute approximate surface area is 120 Å². The summed E-state index contributed by atoms with van der Waals surface area (Å²) in [6, 6.07) is 0. The van der Waals surface area contributed by atoms with Gasteiger partial charge in [-0.25, -0.2) is 9.97 Å². The van der Waals surface area contributed by atoms with Gasteiger partial charge < -0.3 is 4.74 Å². The zero-order valence-electron chi connectivity index (χ0n) is 12.3. The summed E-state index contributed by atoms with van der Waals surface area (Å²) < 4.78 is 5.74. The molecule has 3 rings (SSSR count). The van der Waals surface area contributed by atoms with E-state index < -0.39 is 0 Å². The van der Waals surface area contributed by atoms with E-state index in [0.29, 0.717) is 6.42 Å². The monoisotopic (exact) mass is 274 g/mol. The minimum absolute atomic E-state index is 0.0110. The summed E-state index contributed by atoms with van der Waals surface area (Å²) in [5.74, 6) is 0.998. The van der Waals surface area contributed by atoms with E-state index in [9.17, 15) is 4.79 Å². The van der Waals surface area contributed by atoms with Gasteiger partial charge in [0.25, 0.3) is 0 Å². The van der Waals surface area contributed by atoms with Crippen molar-refractivity contribution in [3.63, 3.8) is 0 Å². The summed E-state index contributed by atoms with van der Waals surface area (Å²) in [6.07, 6.45) is 7.65. The van der Waals surface area contributed by atoms with Crippen molar-refractivity contribution in [3.8, 4) is 0 Å². The van der Waals surface area contributed by atoms with Gasteiger partial charge in [0.1, 0.15) is 5.82 Å². The van der Waals surface area contributed by atoms with Gasteiger partial charge in [-0.1, -0.05) is 13.8 Å². The lowest BCUT2D eigenvalue weighted by Crippen LogP contribution is -2.29. The molecule has 108 valence electrons. The predicted molar refractivity (Wildman–Crippen MR) is 75.8 cm³/mol. The topological polar surface area (TPSA) is 52.1 Å². The van der Waals surface area contributed by atoms with Gasteiger partial charge >= 0.3 is 0 Å². The van der Waals surface area contributed by atoms with Crippen LogP contribution in [-0.2, 0) is 17.6 Å². The van der Waals surface area contributed by atoms with E-state index in [0.717, 1.165) is 49.4 Å². The molecule has 1 saturated heterocycles. The molecule has 0 amide bonds. The van der Waals surface area contributed by atoms with Crippen LogP contribution in [0.3, 0.4) is 0 Å². The highest BCUT2D eigenvalue weighted by Crippen LogP contribution is 2.33. The third-order valence-electron chi connectivity index (χ3n) is 4.19. The molecule has 1 atom stereocenters. The maximum Gasteiger partial charge on any atom is 0.166 e. The lowest BCUT2D eigenvalue weighted by molar-refractivity contribution is 0.0156. The van der Waals surface area contributed by atoms with E-state index >= 15 is 0 Å². The highest BCUT2D eigenvalue weighted by Gasteiger charge is 2.32. The van der Waals surface area contributed by atoms with Crippen LogP contribution >= 0.6 is 0 Å². The summed E-state index contributed by atoms with van der Waals surface area (Å²) in [5.41, 5.74) is 1.65. The Balaban J connectivity index is 1.79. The van der Waals surface area contributed by atoms with Crippen LogP contribution in [0.4, 0.5) is 0 Å². The molecule has 0 spiro atoms. The fraction of sp³-hybridized carbons (Fsp3) is 0.688. The van der Waals surface area contributed by atoms with Gasteiger partial charge in [0.2, 0.25) is 0 Å². The number of ketones is 1. The van der Waals surface area contributed by atoms with Crippen LogP contribution in [0.1, 0.15) is 61.4 Å². The molecule has 1 unspecified atom stereocenters. The molecule has 1 aliphatic heterocycles. The molecule has 1 aromatic rings. The number of nitrogens with zero attached hydrogens (tertiary/aromatic N) is 2. The standard InChI is InChI=1S/C16H22N2O2/c1-16(2)8-13-12(14(19)9-16)10-17-15(18-13)7-11-5-3-4-6-20-11/h10-11H,3-9H2,1-2H3. The fourth-order valence-corrected chi connectivity index (χ4v) is 3.14. The Bertz CT molecular complexity index is 519. The number of ether oxygens (including phenoxy) is 1. The van der Waals surface area contributed by atoms with Gasteiger partial charge in [-0.05, 0) is 31.1 Å². The maximum absolute atomic E-state index is 12.1. The molecular formula is C16H22N2O2. The first-order chi connectivity index (χ1) is 9.53. The number of carbonyl (C=O) groups excluding carboxylic acids is 1. The van der Waals surface area contributed by atoms with Crippen molar-refractivity contribution in [2.45, 2.75) is 58.5 Å². The first kappa shape index (κ1) is 13.7. The Kier molecular flexibility index (Phi) is 3.59. The van der Waals surface area contributed by atoms with E-state index in [1.54, 1.807) is 6.20 Å². The summed E-state index contributed by atoms with van der Waals surface area (Å²) in [7, 11) is 0. The van der Waals surface area contributed by atoms with Crippen molar-refractivity contribution in [1.29, 1.82) is 0 Å². The van der Waals surface area contributed by atoms with Crippen molar-refractivity contribution in [2.24, 2.45) is 5.41 Å². The molecule has 0 saturated carbocycles. The number of aromatic nitrogens is 2. The Hall–Kier alpha value is -1.29. The number of hydrogen-bond acceptors (Lipinski definition) is 4. The first-order valence-electron chi connectivity index (χ1n) is 7.53. The van der Waals surface area contributed by atoms with Crippen molar-refractivity contribution >= 4 is 5.78 Å². The summed E-state index contributed by atoms with van der Waals surface area (Å²) in [4.78, 5) is 21.1. The second-order valence-corrected chi connectivity index (χ2v) is 6.78. The maximum atomic E-state index is 12.1. The van der Waals surface area contributed by atoms with Gasteiger partial charge in [-0.2, -0.15) is 0 Å². The molecule has 1 aliphatic carbocycles.